The van der Waals surface area contributed by atoms with Gasteiger partial charge < -0.3 is 15.4 Å². The summed E-state index contributed by atoms with van der Waals surface area (Å²) in [6.07, 6.45) is 7.25. The third kappa shape index (κ3) is 4.06. The maximum Gasteiger partial charge on any atom is 0.255 e. The molecule has 2 aromatic rings. The standard InChI is InChI=1S/C26H30N2O3/c1-31-23-4-2-3-22(12-23)28-24(29)21-7-5-17(6-8-21)16-27-25(30)26-13-18-9-19(14-26)11-20(10-18)15-26/h2-8,12,18-20H,9-11,13-16H2,1H3,(H,27,30)(H,28,29). The zero-order chi connectivity index (χ0) is 21.4. The van der Waals surface area contributed by atoms with Crippen LogP contribution in [0.3, 0.4) is 0 Å². The summed E-state index contributed by atoms with van der Waals surface area (Å²) in [5.41, 5.74) is 2.16. The minimum Gasteiger partial charge on any atom is -0.497 e. The summed E-state index contributed by atoms with van der Waals surface area (Å²) >= 11 is 0. The Bertz CT molecular complexity index is 947. The first-order chi connectivity index (χ1) is 15.0. The average Bonchev–Trinajstić information content (AvgIpc) is 2.77. The molecule has 2 aromatic carbocycles. The molecule has 31 heavy (non-hydrogen) atoms. The highest BCUT2D eigenvalue weighted by molar-refractivity contribution is 6.04. The van der Waals surface area contributed by atoms with Crippen molar-refractivity contribution >= 4 is 17.5 Å². The van der Waals surface area contributed by atoms with Gasteiger partial charge in [-0.05, 0) is 86.1 Å². The van der Waals surface area contributed by atoms with Crippen LogP contribution in [0, 0.1) is 23.2 Å². The Morgan fingerprint density at radius 2 is 1.61 bits per heavy atom. The van der Waals surface area contributed by atoms with E-state index in [1.54, 1.807) is 13.2 Å². The molecule has 4 aliphatic rings. The van der Waals surface area contributed by atoms with Crippen molar-refractivity contribution in [1.29, 1.82) is 0 Å². The lowest BCUT2D eigenvalue weighted by Gasteiger charge is -2.55. The second-order valence-electron chi connectivity index (χ2n) is 9.76. The van der Waals surface area contributed by atoms with Gasteiger partial charge in [-0.15, -0.1) is 0 Å². The predicted octanol–water partition coefficient (Wildman–Crippen LogP) is 4.78. The molecule has 5 heteroatoms. The van der Waals surface area contributed by atoms with E-state index in [1.165, 1.54) is 19.3 Å². The molecule has 0 saturated heterocycles. The Hall–Kier alpha value is -2.82. The summed E-state index contributed by atoms with van der Waals surface area (Å²) < 4.78 is 5.19. The first-order valence-corrected chi connectivity index (χ1v) is 11.4. The van der Waals surface area contributed by atoms with Crippen LogP contribution in [-0.4, -0.2) is 18.9 Å². The second kappa shape index (κ2) is 8.03. The molecule has 6 rings (SSSR count). The summed E-state index contributed by atoms with van der Waals surface area (Å²) in [4.78, 5) is 25.6. The third-order valence-corrected chi connectivity index (χ3v) is 7.52. The number of hydrogen-bond donors (Lipinski definition) is 2. The maximum atomic E-state index is 13.1. The van der Waals surface area contributed by atoms with Gasteiger partial charge in [-0.1, -0.05) is 18.2 Å². The highest BCUT2D eigenvalue weighted by Crippen LogP contribution is 2.60. The van der Waals surface area contributed by atoms with Crippen molar-refractivity contribution < 1.29 is 14.3 Å². The van der Waals surface area contributed by atoms with Crippen molar-refractivity contribution in [2.45, 2.75) is 45.1 Å². The molecule has 0 radical (unpaired) electrons. The molecule has 2 N–H and O–H groups in total. The Morgan fingerprint density at radius 1 is 0.968 bits per heavy atom. The monoisotopic (exact) mass is 418 g/mol. The number of methoxy groups -OCH3 is 1. The van der Waals surface area contributed by atoms with Gasteiger partial charge in [0.1, 0.15) is 5.75 Å². The number of ether oxygens (including phenoxy) is 1. The van der Waals surface area contributed by atoms with E-state index in [-0.39, 0.29) is 17.2 Å². The fraction of sp³-hybridized carbons (Fsp3) is 0.462. The maximum absolute atomic E-state index is 13.1. The molecule has 4 bridgehead atoms. The molecule has 0 unspecified atom stereocenters. The number of carbonyl (C=O) groups excluding carboxylic acids is 2. The summed E-state index contributed by atoms with van der Waals surface area (Å²) in [6.45, 7) is 0.512. The Morgan fingerprint density at radius 3 is 2.23 bits per heavy atom. The van der Waals surface area contributed by atoms with Crippen LogP contribution in [0.15, 0.2) is 48.5 Å². The smallest absolute Gasteiger partial charge is 0.255 e. The summed E-state index contributed by atoms with van der Waals surface area (Å²) in [6, 6.07) is 14.7. The Kier molecular flexibility index (Phi) is 5.20. The van der Waals surface area contributed by atoms with E-state index in [1.807, 2.05) is 42.5 Å². The molecular formula is C26H30N2O3. The molecular weight excluding hydrogens is 388 g/mol. The lowest BCUT2D eigenvalue weighted by Crippen LogP contribution is -2.53. The second-order valence-corrected chi connectivity index (χ2v) is 9.76. The van der Waals surface area contributed by atoms with E-state index in [0.29, 0.717) is 23.5 Å². The van der Waals surface area contributed by atoms with Crippen molar-refractivity contribution in [3.63, 3.8) is 0 Å². The van der Waals surface area contributed by atoms with Crippen LogP contribution < -0.4 is 15.4 Å². The van der Waals surface area contributed by atoms with Crippen molar-refractivity contribution in [1.82, 2.24) is 5.32 Å². The first kappa shape index (κ1) is 20.1. The van der Waals surface area contributed by atoms with Crippen LogP contribution in [0.25, 0.3) is 0 Å². The molecule has 5 nitrogen and oxygen atoms in total. The number of anilines is 1. The van der Waals surface area contributed by atoms with Crippen LogP contribution in [0.4, 0.5) is 5.69 Å². The van der Waals surface area contributed by atoms with Crippen molar-refractivity contribution in [3.8, 4) is 5.75 Å². The number of rotatable bonds is 6. The highest BCUT2D eigenvalue weighted by atomic mass is 16.5. The fourth-order valence-corrected chi connectivity index (χ4v) is 6.44. The van der Waals surface area contributed by atoms with Crippen molar-refractivity contribution in [2.75, 3.05) is 12.4 Å². The summed E-state index contributed by atoms with van der Waals surface area (Å²) in [5, 5.41) is 6.09. The minimum atomic E-state index is -0.169. The lowest BCUT2D eigenvalue weighted by atomic mass is 9.49. The molecule has 0 aromatic heterocycles. The molecule has 0 atom stereocenters. The molecule has 162 valence electrons. The number of hydrogen-bond acceptors (Lipinski definition) is 3. The lowest BCUT2D eigenvalue weighted by molar-refractivity contribution is -0.146. The van der Waals surface area contributed by atoms with Gasteiger partial charge in [0.2, 0.25) is 5.91 Å². The Balaban J connectivity index is 1.18. The van der Waals surface area contributed by atoms with Gasteiger partial charge in [0.05, 0.1) is 7.11 Å². The van der Waals surface area contributed by atoms with Gasteiger partial charge in [-0.25, -0.2) is 0 Å². The van der Waals surface area contributed by atoms with Gasteiger partial charge >= 0.3 is 0 Å². The molecule has 0 aliphatic heterocycles. The average molecular weight is 419 g/mol. The van der Waals surface area contributed by atoms with E-state index in [9.17, 15) is 9.59 Å². The number of amides is 2. The van der Waals surface area contributed by atoms with Crippen LogP contribution in [0.1, 0.15) is 54.4 Å². The van der Waals surface area contributed by atoms with Gasteiger partial charge in [0.25, 0.3) is 5.91 Å². The fourth-order valence-electron chi connectivity index (χ4n) is 6.44. The van der Waals surface area contributed by atoms with Crippen molar-refractivity contribution in [2.24, 2.45) is 23.2 Å². The Labute approximate surface area is 183 Å². The van der Waals surface area contributed by atoms with Crippen LogP contribution >= 0.6 is 0 Å². The quantitative estimate of drug-likeness (QED) is 0.709. The molecule has 0 heterocycles. The highest BCUT2D eigenvalue weighted by Gasteiger charge is 2.54. The molecule has 0 spiro atoms. The normalized spacial score (nSPS) is 28.2. The first-order valence-electron chi connectivity index (χ1n) is 11.4. The summed E-state index contributed by atoms with van der Waals surface area (Å²) in [5.74, 6) is 3.06. The van der Waals surface area contributed by atoms with E-state index < -0.39 is 0 Å². The molecule has 4 fully saturated rings. The molecule has 4 saturated carbocycles. The molecule has 4 aliphatic carbocycles. The number of benzene rings is 2. The van der Waals surface area contributed by atoms with E-state index >= 15 is 0 Å². The minimum absolute atomic E-state index is 0.120. The van der Waals surface area contributed by atoms with Crippen molar-refractivity contribution in [3.05, 3.63) is 59.7 Å². The van der Waals surface area contributed by atoms with Gasteiger partial charge in [-0.3, -0.25) is 9.59 Å². The van der Waals surface area contributed by atoms with Gasteiger partial charge in [0, 0.05) is 29.3 Å². The largest absolute Gasteiger partial charge is 0.497 e. The predicted molar refractivity (Wildman–Crippen MR) is 120 cm³/mol. The van der Waals surface area contributed by atoms with E-state index in [4.69, 9.17) is 4.74 Å². The van der Waals surface area contributed by atoms with Crippen LogP contribution in [0.2, 0.25) is 0 Å². The summed E-state index contributed by atoms with van der Waals surface area (Å²) in [7, 11) is 1.60. The van der Waals surface area contributed by atoms with E-state index in [0.717, 1.165) is 42.6 Å². The zero-order valence-electron chi connectivity index (χ0n) is 18.0. The van der Waals surface area contributed by atoms with Crippen LogP contribution in [-0.2, 0) is 11.3 Å². The third-order valence-electron chi connectivity index (χ3n) is 7.52. The van der Waals surface area contributed by atoms with Gasteiger partial charge in [0.15, 0.2) is 0 Å². The van der Waals surface area contributed by atoms with Gasteiger partial charge in [-0.2, -0.15) is 0 Å². The number of nitrogens with one attached hydrogen (secondary N) is 2. The molecule has 2 amide bonds. The topological polar surface area (TPSA) is 67.4 Å². The van der Waals surface area contributed by atoms with E-state index in [2.05, 4.69) is 10.6 Å². The zero-order valence-corrected chi connectivity index (χ0v) is 18.0. The SMILES string of the molecule is COc1cccc(NC(=O)c2ccc(CNC(=O)C34CC5CC(CC(C5)C3)C4)cc2)c1. The number of carbonyl (C=O) groups is 2. The van der Waals surface area contributed by atoms with Crippen LogP contribution in [0.5, 0.6) is 5.75 Å².